The van der Waals surface area contributed by atoms with Crippen molar-refractivity contribution in [2.24, 2.45) is 17.3 Å². The number of allylic oxidation sites excluding steroid dienone is 3. The van der Waals surface area contributed by atoms with Crippen molar-refractivity contribution in [1.82, 2.24) is 0 Å². The number of carbonyl (C=O) groups excluding carboxylic acids is 1. The van der Waals surface area contributed by atoms with Gasteiger partial charge in [0.2, 0.25) is 0 Å². The van der Waals surface area contributed by atoms with E-state index in [2.05, 4.69) is 13.8 Å². The molecule has 0 radical (unpaired) electrons. The molecule has 2 bridgehead atoms. The number of ether oxygens (including phenoxy) is 4. The van der Waals surface area contributed by atoms with E-state index in [-0.39, 0.29) is 30.7 Å². The number of fused-ring (bicyclic) bond motifs is 1. The van der Waals surface area contributed by atoms with Crippen molar-refractivity contribution >= 4 is 11.9 Å². The summed E-state index contributed by atoms with van der Waals surface area (Å²) in [5.74, 6) is 2.08. The molecule has 1 aromatic carbocycles. The number of methoxy groups -OCH3 is 2. The van der Waals surface area contributed by atoms with Gasteiger partial charge >= 0.3 is 0 Å². The summed E-state index contributed by atoms with van der Waals surface area (Å²) >= 11 is 0. The normalized spacial score (nSPS) is 23.5. The highest BCUT2D eigenvalue weighted by molar-refractivity contribution is 5.96. The lowest BCUT2D eigenvalue weighted by molar-refractivity contribution is -0.133. The lowest BCUT2D eigenvalue weighted by Crippen LogP contribution is -2.52. The number of hydrogen-bond acceptors (Lipinski definition) is 5. The molecule has 0 heterocycles. The lowest BCUT2D eigenvalue weighted by Gasteiger charge is -2.54. The maximum atomic E-state index is 12.2. The third kappa shape index (κ3) is 3.55. The van der Waals surface area contributed by atoms with Gasteiger partial charge in [0.1, 0.15) is 0 Å². The molecule has 0 aliphatic heterocycles. The zero-order valence-electron chi connectivity index (χ0n) is 15.8. The molecular weight excluding hydrogens is 332 g/mol. The summed E-state index contributed by atoms with van der Waals surface area (Å²) in [6.07, 6.45) is 6.82. The number of benzene rings is 1. The summed E-state index contributed by atoms with van der Waals surface area (Å²) in [7, 11) is 3.14. The summed E-state index contributed by atoms with van der Waals surface area (Å²) < 4.78 is 21.0. The molecule has 0 aromatic heterocycles. The van der Waals surface area contributed by atoms with Crippen LogP contribution in [0.3, 0.4) is 0 Å². The van der Waals surface area contributed by atoms with Crippen molar-refractivity contribution in [3.05, 3.63) is 41.5 Å². The first-order valence-electron chi connectivity index (χ1n) is 8.78. The topological polar surface area (TPSA) is 54.0 Å². The second kappa shape index (κ2) is 7.64. The van der Waals surface area contributed by atoms with Crippen molar-refractivity contribution in [1.29, 1.82) is 0 Å². The summed E-state index contributed by atoms with van der Waals surface area (Å²) in [5, 5.41) is 0. The third-order valence-corrected chi connectivity index (χ3v) is 5.42. The fourth-order valence-corrected chi connectivity index (χ4v) is 3.80. The number of ketones is 1. The first kappa shape index (κ1) is 18.7. The average Bonchev–Trinajstić information content (AvgIpc) is 2.62. The summed E-state index contributed by atoms with van der Waals surface area (Å²) in [6, 6.07) is 5.68. The van der Waals surface area contributed by atoms with Crippen LogP contribution in [0.5, 0.6) is 11.5 Å². The van der Waals surface area contributed by atoms with Crippen LogP contribution in [0, 0.1) is 17.3 Å². The molecule has 26 heavy (non-hydrogen) atoms. The predicted octanol–water partition coefficient (Wildman–Crippen LogP) is 3.84. The molecule has 0 N–H and O–H groups in total. The maximum absolute atomic E-state index is 12.2. The van der Waals surface area contributed by atoms with E-state index in [1.165, 1.54) is 0 Å². The zero-order chi connectivity index (χ0) is 18.7. The number of carbonyl (C=O) groups is 1. The summed E-state index contributed by atoms with van der Waals surface area (Å²) in [5.41, 5.74) is 2.14. The van der Waals surface area contributed by atoms with Crippen molar-refractivity contribution < 1.29 is 23.7 Å². The molecule has 3 aliphatic rings. The van der Waals surface area contributed by atoms with Gasteiger partial charge in [-0.2, -0.15) is 0 Å². The Morgan fingerprint density at radius 1 is 1.04 bits per heavy atom. The van der Waals surface area contributed by atoms with Crippen molar-refractivity contribution in [2.45, 2.75) is 20.3 Å². The molecule has 1 aromatic rings. The van der Waals surface area contributed by atoms with E-state index < -0.39 is 0 Å². The van der Waals surface area contributed by atoms with E-state index in [0.717, 1.165) is 17.6 Å². The molecule has 3 aliphatic carbocycles. The fourth-order valence-electron chi connectivity index (χ4n) is 3.80. The van der Waals surface area contributed by atoms with Crippen LogP contribution in [0.1, 0.15) is 25.8 Å². The summed E-state index contributed by atoms with van der Waals surface area (Å²) in [6.45, 7) is 4.64. The van der Waals surface area contributed by atoms with Gasteiger partial charge in [0.15, 0.2) is 30.9 Å². The van der Waals surface area contributed by atoms with Crippen LogP contribution in [0.2, 0.25) is 0 Å². The molecular formula is C21H26O5. The van der Waals surface area contributed by atoms with E-state index in [1.54, 1.807) is 20.3 Å². The minimum Gasteiger partial charge on any atom is -0.464 e. The van der Waals surface area contributed by atoms with Crippen molar-refractivity contribution in [3.63, 3.8) is 0 Å². The van der Waals surface area contributed by atoms with Gasteiger partial charge in [-0.3, -0.25) is 4.79 Å². The molecule has 0 spiro atoms. The average molecular weight is 358 g/mol. The molecule has 0 amide bonds. The minimum absolute atomic E-state index is 0.0656. The lowest BCUT2D eigenvalue weighted by atomic mass is 9.48. The van der Waals surface area contributed by atoms with Crippen molar-refractivity contribution in [3.8, 4) is 11.5 Å². The van der Waals surface area contributed by atoms with Gasteiger partial charge in [-0.05, 0) is 47.1 Å². The standard InChI is InChI=1S/C21H26O5/c1-21(2)16-11-17(21)18(22)10-15(16)7-5-14-6-8-19(25-12-23-3)20(9-14)26-13-24-4/h5-10,16-17H,11-13H2,1-4H3/b7-5+/t16-,17+/m1/s1. The highest BCUT2D eigenvalue weighted by atomic mass is 16.7. The zero-order valence-corrected chi connectivity index (χ0v) is 15.8. The van der Waals surface area contributed by atoms with Crippen LogP contribution in [-0.4, -0.2) is 33.6 Å². The first-order valence-corrected chi connectivity index (χ1v) is 8.78. The Hall–Kier alpha value is -2.11. The first-order chi connectivity index (χ1) is 12.5. The molecule has 140 valence electrons. The van der Waals surface area contributed by atoms with Crippen LogP contribution in [-0.2, 0) is 14.3 Å². The highest BCUT2D eigenvalue weighted by Crippen LogP contribution is 2.58. The summed E-state index contributed by atoms with van der Waals surface area (Å²) in [4.78, 5) is 12.2. The number of rotatable bonds is 8. The SMILES string of the molecule is COCOc1ccc(/C=C/C2=CC(=O)[C@@H]3C[C@H]2C3(C)C)cc1OCOC. The van der Waals surface area contributed by atoms with Crippen LogP contribution < -0.4 is 9.47 Å². The Balaban J connectivity index is 1.79. The van der Waals surface area contributed by atoms with Gasteiger partial charge in [-0.25, -0.2) is 0 Å². The Labute approximate surface area is 154 Å². The molecule has 0 saturated heterocycles. The van der Waals surface area contributed by atoms with E-state index >= 15 is 0 Å². The quantitative estimate of drug-likeness (QED) is 0.661. The van der Waals surface area contributed by atoms with Crippen LogP contribution in [0.25, 0.3) is 6.08 Å². The molecule has 1 fully saturated rings. The van der Waals surface area contributed by atoms with E-state index in [9.17, 15) is 4.79 Å². The van der Waals surface area contributed by atoms with Gasteiger partial charge in [-0.1, -0.05) is 32.1 Å². The Morgan fingerprint density at radius 2 is 1.73 bits per heavy atom. The predicted molar refractivity (Wildman–Crippen MR) is 99.0 cm³/mol. The minimum atomic E-state index is 0.0656. The molecule has 0 unspecified atom stereocenters. The molecule has 5 nitrogen and oxygen atoms in total. The number of hydrogen-bond donors (Lipinski definition) is 0. The van der Waals surface area contributed by atoms with Gasteiger partial charge in [-0.15, -0.1) is 0 Å². The monoisotopic (exact) mass is 358 g/mol. The maximum Gasteiger partial charge on any atom is 0.188 e. The van der Waals surface area contributed by atoms with Crippen LogP contribution in [0.4, 0.5) is 0 Å². The molecule has 2 atom stereocenters. The van der Waals surface area contributed by atoms with E-state index in [0.29, 0.717) is 17.4 Å². The van der Waals surface area contributed by atoms with E-state index in [1.807, 2.05) is 30.4 Å². The molecule has 1 saturated carbocycles. The Bertz CT molecular complexity index is 732. The second-order valence-corrected chi connectivity index (χ2v) is 7.35. The molecule has 5 heteroatoms. The van der Waals surface area contributed by atoms with Gasteiger partial charge in [0.25, 0.3) is 0 Å². The second-order valence-electron chi connectivity index (χ2n) is 7.35. The van der Waals surface area contributed by atoms with Gasteiger partial charge < -0.3 is 18.9 Å². The third-order valence-electron chi connectivity index (χ3n) is 5.42. The fraction of sp³-hybridized carbons (Fsp3) is 0.476. The smallest absolute Gasteiger partial charge is 0.188 e. The highest BCUT2D eigenvalue weighted by Gasteiger charge is 2.54. The molecule has 4 rings (SSSR count). The van der Waals surface area contributed by atoms with Gasteiger partial charge in [0.05, 0.1) is 0 Å². The Morgan fingerprint density at radius 3 is 2.35 bits per heavy atom. The van der Waals surface area contributed by atoms with Crippen molar-refractivity contribution in [2.75, 3.05) is 27.8 Å². The van der Waals surface area contributed by atoms with Crippen LogP contribution in [0.15, 0.2) is 35.9 Å². The van der Waals surface area contributed by atoms with Gasteiger partial charge in [0, 0.05) is 20.1 Å². The Kier molecular flexibility index (Phi) is 5.49. The largest absolute Gasteiger partial charge is 0.464 e. The van der Waals surface area contributed by atoms with Crippen LogP contribution >= 0.6 is 0 Å². The van der Waals surface area contributed by atoms with E-state index in [4.69, 9.17) is 18.9 Å².